The van der Waals surface area contributed by atoms with Gasteiger partial charge in [-0.15, -0.1) is 0 Å². The van der Waals surface area contributed by atoms with Crippen LogP contribution in [0.3, 0.4) is 0 Å². The van der Waals surface area contributed by atoms with Gasteiger partial charge in [0.15, 0.2) is 0 Å². The van der Waals surface area contributed by atoms with Crippen molar-refractivity contribution >= 4 is 0 Å². The number of methoxy groups -OCH3 is 2. The second-order valence-corrected chi connectivity index (χ2v) is 11.5. The largest absolute Gasteiger partial charge is 0.392 e. The van der Waals surface area contributed by atoms with E-state index >= 15 is 0 Å². The number of nitrogens with zero attached hydrogens (tertiary/aromatic N) is 1. The van der Waals surface area contributed by atoms with E-state index in [2.05, 4.69) is 4.90 Å². The number of aliphatic hydroxyl groups excluding tert-OH is 3. The number of ether oxygens (including phenoxy) is 2. The van der Waals surface area contributed by atoms with Crippen LogP contribution in [0, 0.1) is 34.5 Å². The van der Waals surface area contributed by atoms with Crippen molar-refractivity contribution in [2.75, 3.05) is 33.9 Å². The zero-order valence-electron chi connectivity index (χ0n) is 18.6. The molecule has 6 fully saturated rings. The van der Waals surface area contributed by atoms with Gasteiger partial charge in [0.2, 0.25) is 0 Å². The zero-order chi connectivity index (χ0) is 22.1. The lowest BCUT2D eigenvalue weighted by Crippen LogP contribution is -2.81. The summed E-state index contributed by atoms with van der Waals surface area (Å²) in [6.45, 7) is 3.77. The summed E-state index contributed by atoms with van der Waals surface area (Å²) in [5.74, 6) is -1.33. The van der Waals surface area contributed by atoms with Gasteiger partial charge in [-0.25, -0.2) is 0 Å². The van der Waals surface area contributed by atoms with Gasteiger partial charge in [-0.3, -0.25) is 4.90 Å². The monoisotopic (exact) mass is 439 g/mol. The first-order valence-corrected chi connectivity index (χ1v) is 11.9. The normalized spacial score (nSPS) is 64.1. The molecular weight excluding hydrogens is 402 g/mol. The number of likely N-dealkylation sites (tertiary alicyclic amines) is 1. The minimum Gasteiger partial charge on any atom is -0.392 e. The molecule has 1 spiro atoms. The maximum atomic E-state index is 12.5. The molecule has 8 heteroatoms. The molecule has 5 saturated carbocycles. The summed E-state index contributed by atoms with van der Waals surface area (Å²) in [5.41, 5.74) is -4.76. The highest BCUT2D eigenvalue weighted by Crippen LogP contribution is 2.79. The second-order valence-electron chi connectivity index (χ2n) is 11.5. The van der Waals surface area contributed by atoms with Crippen LogP contribution in [0.25, 0.3) is 0 Å². The van der Waals surface area contributed by atoms with E-state index < -0.39 is 64.3 Å². The SMILES string of the molecule is CCN1C[C@]2(COC)CC[C@H](O)[C@@]34[C@@H]5C[C@H]6[C@H](O)[C@@H]5[C@](O)(C[C@@H]6OC)[C@](O)([C@@H](O)[C@H]23)[C@@H]14. The molecule has 176 valence electrons. The first-order valence-electron chi connectivity index (χ1n) is 11.9. The molecule has 6 rings (SSSR count). The topological polar surface area (TPSA) is 123 Å². The van der Waals surface area contributed by atoms with Crippen LogP contribution in [0.5, 0.6) is 0 Å². The molecule has 0 amide bonds. The minimum absolute atomic E-state index is 0.142. The molecule has 1 heterocycles. The summed E-state index contributed by atoms with van der Waals surface area (Å²) in [7, 11) is 3.24. The fraction of sp³-hybridized carbons (Fsp3) is 1.00. The van der Waals surface area contributed by atoms with E-state index in [0.717, 1.165) is 0 Å². The number of fused-ring (bicyclic) bond motifs is 2. The average Bonchev–Trinajstić information content (AvgIpc) is 3.10. The first kappa shape index (κ1) is 21.2. The molecule has 1 aliphatic heterocycles. The van der Waals surface area contributed by atoms with E-state index in [9.17, 15) is 25.5 Å². The maximum Gasteiger partial charge on any atom is 0.136 e. The van der Waals surface area contributed by atoms with Crippen LogP contribution < -0.4 is 0 Å². The van der Waals surface area contributed by atoms with Crippen molar-refractivity contribution in [2.45, 2.75) is 74.3 Å². The molecule has 0 radical (unpaired) electrons. The van der Waals surface area contributed by atoms with Gasteiger partial charge in [0.05, 0.1) is 37.1 Å². The van der Waals surface area contributed by atoms with Crippen molar-refractivity contribution in [1.82, 2.24) is 4.90 Å². The van der Waals surface area contributed by atoms with Crippen LogP contribution in [0.4, 0.5) is 0 Å². The Balaban J connectivity index is 1.65. The summed E-state index contributed by atoms with van der Waals surface area (Å²) in [6, 6.07) is -0.571. The lowest BCUT2D eigenvalue weighted by atomic mass is 9.42. The Labute approximate surface area is 183 Å². The Kier molecular flexibility index (Phi) is 4.26. The number of rotatable bonds is 4. The Hall–Kier alpha value is -0.320. The molecule has 5 N–H and O–H groups in total. The first-order chi connectivity index (χ1) is 14.7. The van der Waals surface area contributed by atoms with Crippen molar-refractivity contribution in [2.24, 2.45) is 34.5 Å². The Morgan fingerprint density at radius 1 is 1.13 bits per heavy atom. The number of hydrogen-bond donors (Lipinski definition) is 5. The van der Waals surface area contributed by atoms with Gasteiger partial charge in [0.1, 0.15) is 11.2 Å². The zero-order valence-corrected chi connectivity index (χ0v) is 18.6. The molecule has 0 aromatic rings. The van der Waals surface area contributed by atoms with Gasteiger partial charge in [-0.05, 0) is 31.7 Å². The Morgan fingerprint density at radius 3 is 2.52 bits per heavy atom. The highest BCUT2D eigenvalue weighted by atomic mass is 16.5. The van der Waals surface area contributed by atoms with Crippen molar-refractivity contribution in [3.63, 3.8) is 0 Å². The van der Waals surface area contributed by atoms with E-state index in [0.29, 0.717) is 39.0 Å². The van der Waals surface area contributed by atoms with E-state index in [-0.39, 0.29) is 18.3 Å². The van der Waals surface area contributed by atoms with Crippen molar-refractivity contribution in [3.05, 3.63) is 0 Å². The van der Waals surface area contributed by atoms with Gasteiger partial charge in [-0.2, -0.15) is 0 Å². The lowest BCUT2D eigenvalue weighted by Gasteiger charge is -2.69. The molecule has 13 atom stereocenters. The number of aliphatic hydroxyl groups is 5. The predicted molar refractivity (Wildman–Crippen MR) is 109 cm³/mol. The minimum atomic E-state index is -1.86. The summed E-state index contributed by atoms with van der Waals surface area (Å²) in [6.07, 6.45) is -1.06. The predicted octanol–water partition coefficient (Wildman–Crippen LogP) is -1.04. The van der Waals surface area contributed by atoms with Crippen LogP contribution in [-0.4, -0.2) is 106 Å². The van der Waals surface area contributed by atoms with E-state index in [1.54, 1.807) is 14.2 Å². The highest BCUT2D eigenvalue weighted by Gasteiger charge is 2.90. The van der Waals surface area contributed by atoms with Crippen LogP contribution >= 0.6 is 0 Å². The molecule has 0 aromatic heterocycles. The third kappa shape index (κ3) is 1.93. The summed E-state index contributed by atoms with van der Waals surface area (Å²) >= 11 is 0. The second kappa shape index (κ2) is 6.21. The summed E-state index contributed by atoms with van der Waals surface area (Å²) < 4.78 is 11.4. The van der Waals surface area contributed by atoms with Crippen molar-refractivity contribution in [3.8, 4) is 0 Å². The molecule has 8 nitrogen and oxygen atoms in total. The Bertz CT molecular complexity index is 783. The smallest absolute Gasteiger partial charge is 0.136 e. The number of likely N-dealkylation sites (N-methyl/N-ethyl adjacent to an activating group) is 1. The molecule has 7 bridgehead atoms. The van der Waals surface area contributed by atoms with Gasteiger partial charge in [0, 0.05) is 55.8 Å². The molecular formula is C23H37NO7. The maximum absolute atomic E-state index is 12.5. The standard InChI is InChI=1S/C23H37NO7/c1-4-24-9-20(10-30-2)6-5-14(25)22-12-7-11-13(31-3)8-21(28,15(12)16(11)26)23(29,19(22)24)18(27)17(20)22/h11-19,25-29H,4-10H2,1-3H3/t11-,12-,13+,14+,15-,16+,17-,18+,19+,20+,21-,22+,23+/m1/s1. The summed E-state index contributed by atoms with van der Waals surface area (Å²) in [5, 5.41) is 59.6. The summed E-state index contributed by atoms with van der Waals surface area (Å²) in [4.78, 5) is 2.18. The third-order valence-corrected chi connectivity index (χ3v) is 11.0. The molecule has 0 aromatic carbocycles. The van der Waals surface area contributed by atoms with Gasteiger partial charge in [-0.1, -0.05) is 6.92 Å². The Morgan fingerprint density at radius 2 is 1.87 bits per heavy atom. The van der Waals surface area contributed by atoms with E-state index in [1.165, 1.54) is 0 Å². The van der Waals surface area contributed by atoms with E-state index in [1.807, 2.05) is 6.92 Å². The van der Waals surface area contributed by atoms with Crippen LogP contribution in [0.1, 0.15) is 32.6 Å². The molecule has 31 heavy (non-hydrogen) atoms. The van der Waals surface area contributed by atoms with E-state index in [4.69, 9.17) is 9.47 Å². The molecule has 6 aliphatic rings. The van der Waals surface area contributed by atoms with Gasteiger partial charge in [0.25, 0.3) is 0 Å². The van der Waals surface area contributed by atoms with Crippen LogP contribution in [0.2, 0.25) is 0 Å². The van der Waals surface area contributed by atoms with Crippen LogP contribution in [0.15, 0.2) is 0 Å². The third-order valence-electron chi connectivity index (χ3n) is 11.0. The highest BCUT2D eigenvalue weighted by molar-refractivity contribution is 5.41. The lowest BCUT2D eigenvalue weighted by molar-refractivity contribution is -0.316. The average molecular weight is 440 g/mol. The molecule has 5 aliphatic carbocycles. The van der Waals surface area contributed by atoms with Crippen molar-refractivity contribution in [1.29, 1.82) is 0 Å². The number of piperidine rings is 1. The quantitative estimate of drug-likeness (QED) is 0.377. The fourth-order valence-electron chi connectivity index (χ4n) is 10.4. The molecule has 1 saturated heterocycles. The van der Waals surface area contributed by atoms with Gasteiger partial charge >= 0.3 is 0 Å². The van der Waals surface area contributed by atoms with Crippen molar-refractivity contribution < 1.29 is 35.0 Å². The molecule has 0 unspecified atom stereocenters. The number of hydrogen-bond acceptors (Lipinski definition) is 8. The fourth-order valence-corrected chi connectivity index (χ4v) is 10.4. The van der Waals surface area contributed by atoms with Gasteiger partial charge < -0.3 is 35.0 Å². The van der Waals surface area contributed by atoms with Crippen LogP contribution in [-0.2, 0) is 9.47 Å².